The zero-order chi connectivity index (χ0) is 25.4. The lowest BCUT2D eigenvalue weighted by molar-refractivity contribution is -0.136. The van der Waals surface area contributed by atoms with Gasteiger partial charge in [-0.05, 0) is 67.5 Å². The van der Waals surface area contributed by atoms with Gasteiger partial charge in [0.2, 0.25) is 0 Å². The van der Waals surface area contributed by atoms with Crippen LogP contribution in [-0.2, 0) is 17.8 Å². The van der Waals surface area contributed by atoms with E-state index in [2.05, 4.69) is 56.2 Å². The van der Waals surface area contributed by atoms with E-state index in [9.17, 15) is 14.7 Å². The van der Waals surface area contributed by atoms with E-state index in [1.54, 1.807) is 24.5 Å². The van der Waals surface area contributed by atoms with Gasteiger partial charge in [-0.1, -0.05) is 55.3 Å². The van der Waals surface area contributed by atoms with Gasteiger partial charge < -0.3 is 15.2 Å². The van der Waals surface area contributed by atoms with Gasteiger partial charge in [0, 0.05) is 18.2 Å². The van der Waals surface area contributed by atoms with E-state index in [1.807, 2.05) is 18.2 Å². The minimum absolute atomic E-state index is 0.0433. The fourth-order valence-electron chi connectivity index (χ4n) is 4.18. The molecule has 1 amide bonds. The molecular formula is C29H34N2O4. The highest BCUT2D eigenvalue weighted by Gasteiger charge is 2.20. The van der Waals surface area contributed by atoms with Crippen LogP contribution in [0.1, 0.15) is 70.9 Å². The Bertz CT molecular complexity index is 1140. The van der Waals surface area contributed by atoms with Crippen molar-refractivity contribution in [2.24, 2.45) is 5.92 Å². The molecule has 2 aromatic carbocycles. The zero-order valence-electron chi connectivity index (χ0n) is 20.9. The first-order chi connectivity index (χ1) is 16.7. The maximum Gasteiger partial charge on any atom is 0.303 e. The van der Waals surface area contributed by atoms with Crippen LogP contribution in [0.3, 0.4) is 0 Å². The number of nitrogens with one attached hydrogen (secondary N) is 1. The predicted molar refractivity (Wildman–Crippen MR) is 137 cm³/mol. The maximum absolute atomic E-state index is 13.6. The van der Waals surface area contributed by atoms with Crippen molar-refractivity contribution in [2.75, 3.05) is 0 Å². The number of carbonyl (C=O) groups is 2. The van der Waals surface area contributed by atoms with Crippen LogP contribution in [-0.4, -0.2) is 22.0 Å². The van der Waals surface area contributed by atoms with Gasteiger partial charge in [0.05, 0.1) is 12.2 Å². The number of ether oxygens (including phenoxy) is 1. The van der Waals surface area contributed by atoms with Gasteiger partial charge in [-0.15, -0.1) is 0 Å². The van der Waals surface area contributed by atoms with Gasteiger partial charge in [-0.3, -0.25) is 14.6 Å². The van der Waals surface area contributed by atoms with Crippen LogP contribution in [0.5, 0.6) is 5.75 Å². The van der Waals surface area contributed by atoms with Gasteiger partial charge in [0.1, 0.15) is 12.4 Å². The predicted octanol–water partition coefficient (Wildman–Crippen LogP) is 5.81. The minimum atomic E-state index is -0.895. The van der Waals surface area contributed by atoms with Crippen LogP contribution in [0, 0.1) is 19.8 Å². The summed E-state index contributed by atoms with van der Waals surface area (Å²) in [6.45, 7) is 8.66. The number of hydrogen-bond acceptors (Lipinski definition) is 4. The van der Waals surface area contributed by atoms with Gasteiger partial charge >= 0.3 is 5.97 Å². The lowest BCUT2D eigenvalue weighted by Crippen LogP contribution is -2.30. The average Bonchev–Trinajstić information content (AvgIpc) is 2.81. The van der Waals surface area contributed by atoms with E-state index < -0.39 is 5.97 Å². The second kappa shape index (κ2) is 12.2. The van der Waals surface area contributed by atoms with Crippen LogP contribution in [0.25, 0.3) is 0 Å². The summed E-state index contributed by atoms with van der Waals surface area (Å²) < 4.78 is 5.81. The molecule has 1 aromatic heterocycles. The number of aryl methyl sites for hydroxylation is 3. The second-order valence-corrected chi connectivity index (χ2v) is 9.44. The SMILES string of the molecule is Cc1cc(C)cc([C@@H](CC(C)C)NC(=O)c2cc(COc3cccnc3)ccc2CCC(=O)O)c1. The number of hydrogen-bond donors (Lipinski definition) is 2. The number of aromatic nitrogens is 1. The van der Waals surface area contributed by atoms with Crippen molar-refractivity contribution in [1.29, 1.82) is 0 Å². The third-order valence-corrected chi connectivity index (χ3v) is 5.73. The molecule has 3 rings (SSSR count). The maximum atomic E-state index is 13.6. The number of aliphatic carboxylic acids is 1. The van der Waals surface area contributed by atoms with Crippen LogP contribution < -0.4 is 10.1 Å². The van der Waals surface area contributed by atoms with Crippen molar-refractivity contribution in [2.45, 2.75) is 59.6 Å². The molecule has 0 spiro atoms. The quantitative estimate of drug-likeness (QED) is 0.366. The number of rotatable bonds is 11. The molecule has 0 radical (unpaired) electrons. The van der Waals surface area contributed by atoms with E-state index in [0.717, 1.165) is 28.7 Å². The first-order valence-electron chi connectivity index (χ1n) is 12.0. The van der Waals surface area contributed by atoms with Crippen LogP contribution in [0.4, 0.5) is 0 Å². The zero-order valence-corrected chi connectivity index (χ0v) is 20.9. The Balaban J connectivity index is 1.88. The monoisotopic (exact) mass is 474 g/mol. The molecule has 0 aliphatic heterocycles. The summed E-state index contributed by atoms with van der Waals surface area (Å²) >= 11 is 0. The topological polar surface area (TPSA) is 88.5 Å². The number of carboxylic acid groups (broad SMARTS) is 1. The molecular weight excluding hydrogens is 440 g/mol. The van der Waals surface area contributed by atoms with Crippen molar-refractivity contribution >= 4 is 11.9 Å². The number of amides is 1. The smallest absolute Gasteiger partial charge is 0.303 e. The normalized spacial score (nSPS) is 11.8. The third kappa shape index (κ3) is 7.95. The van der Waals surface area contributed by atoms with Crippen molar-refractivity contribution in [3.05, 3.63) is 94.3 Å². The highest BCUT2D eigenvalue weighted by Crippen LogP contribution is 2.25. The van der Waals surface area contributed by atoms with Crippen LogP contribution in [0.15, 0.2) is 60.9 Å². The fourth-order valence-corrected chi connectivity index (χ4v) is 4.18. The Morgan fingerprint density at radius 2 is 1.80 bits per heavy atom. The number of benzene rings is 2. The van der Waals surface area contributed by atoms with E-state index in [1.165, 1.54) is 0 Å². The molecule has 0 unspecified atom stereocenters. The molecule has 1 heterocycles. The Morgan fingerprint density at radius 1 is 1.06 bits per heavy atom. The highest BCUT2D eigenvalue weighted by molar-refractivity contribution is 5.96. The molecule has 1 atom stereocenters. The Kier molecular flexibility index (Phi) is 9.01. The van der Waals surface area contributed by atoms with Gasteiger partial charge in [-0.2, -0.15) is 0 Å². The molecule has 0 saturated heterocycles. The molecule has 6 heteroatoms. The number of carboxylic acids is 1. The Morgan fingerprint density at radius 3 is 2.43 bits per heavy atom. The summed E-state index contributed by atoms with van der Waals surface area (Å²) in [5, 5.41) is 12.4. The van der Waals surface area contributed by atoms with E-state index in [0.29, 0.717) is 22.8 Å². The summed E-state index contributed by atoms with van der Waals surface area (Å²) in [6.07, 6.45) is 4.34. The summed E-state index contributed by atoms with van der Waals surface area (Å²) in [7, 11) is 0. The molecule has 0 bridgehead atoms. The third-order valence-electron chi connectivity index (χ3n) is 5.73. The molecule has 35 heavy (non-hydrogen) atoms. The minimum Gasteiger partial charge on any atom is -0.487 e. The molecule has 3 aromatic rings. The Labute approximate surface area is 207 Å². The molecule has 0 aliphatic rings. The molecule has 184 valence electrons. The summed E-state index contributed by atoms with van der Waals surface area (Å²) in [6, 6.07) is 15.3. The fraction of sp³-hybridized carbons (Fsp3) is 0.345. The number of pyridine rings is 1. The van der Waals surface area contributed by atoms with Crippen molar-refractivity contribution < 1.29 is 19.4 Å². The molecule has 0 aliphatic carbocycles. The first kappa shape index (κ1) is 25.9. The summed E-state index contributed by atoms with van der Waals surface area (Å²) in [4.78, 5) is 28.8. The van der Waals surface area contributed by atoms with Gasteiger partial charge in [0.15, 0.2) is 0 Å². The van der Waals surface area contributed by atoms with Crippen molar-refractivity contribution in [3.8, 4) is 5.75 Å². The molecule has 6 nitrogen and oxygen atoms in total. The number of nitrogens with zero attached hydrogens (tertiary/aromatic N) is 1. The molecule has 0 fully saturated rings. The lowest BCUT2D eigenvalue weighted by Gasteiger charge is -2.23. The van der Waals surface area contributed by atoms with Crippen molar-refractivity contribution in [3.63, 3.8) is 0 Å². The van der Waals surface area contributed by atoms with Crippen LogP contribution in [0.2, 0.25) is 0 Å². The lowest BCUT2D eigenvalue weighted by atomic mass is 9.93. The van der Waals surface area contributed by atoms with E-state index >= 15 is 0 Å². The van der Waals surface area contributed by atoms with E-state index in [-0.39, 0.29) is 31.4 Å². The number of carbonyl (C=O) groups excluding carboxylic acids is 1. The summed E-state index contributed by atoms with van der Waals surface area (Å²) in [5.74, 6) is -0.0845. The molecule has 0 saturated carbocycles. The largest absolute Gasteiger partial charge is 0.487 e. The van der Waals surface area contributed by atoms with E-state index in [4.69, 9.17) is 4.74 Å². The highest BCUT2D eigenvalue weighted by atomic mass is 16.5. The van der Waals surface area contributed by atoms with Gasteiger partial charge in [-0.25, -0.2) is 0 Å². The average molecular weight is 475 g/mol. The second-order valence-electron chi connectivity index (χ2n) is 9.44. The van der Waals surface area contributed by atoms with Crippen LogP contribution >= 0.6 is 0 Å². The van der Waals surface area contributed by atoms with Gasteiger partial charge in [0.25, 0.3) is 5.91 Å². The molecule has 2 N–H and O–H groups in total. The van der Waals surface area contributed by atoms with Crippen molar-refractivity contribution in [1.82, 2.24) is 10.3 Å². The first-order valence-corrected chi connectivity index (χ1v) is 12.0. The standard InChI is InChI=1S/C29H34N2O4/c1-19(2)12-27(24-14-20(3)13-21(4)15-24)31-29(34)26-16-22(7-8-23(26)9-10-28(32)33)18-35-25-6-5-11-30-17-25/h5-8,11,13-17,19,27H,9-10,12,18H2,1-4H3,(H,31,34)(H,32,33)/t27-/m1/s1. The Hall–Kier alpha value is -3.67. The summed E-state index contributed by atoms with van der Waals surface area (Å²) in [5.41, 5.74) is 5.40.